The van der Waals surface area contributed by atoms with Crippen molar-refractivity contribution in [3.8, 4) is 0 Å². The highest BCUT2D eigenvalue weighted by Crippen LogP contribution is 2.16. The van der Waals surface area contributed by atoms with Crippen LogP contribution >= 0.6 is 11.3 Å². The lowest BCUT2D eigenvalue weighted by atomic mass is 10.2. The predicted molar refractivity (Wildman–Crippen MR) is 62.1 cm³/mol. The summed E-state index contributed by atoms with van der Waals surface area (Å²) in [6.07, 6.45) is 2.32. The van der Waals surface area contributed by atoms with E-state index in [0.29, 0.717) is 18.9 Å². The average molecular weight is 227 g/mol. The zero-order valence-corrected chi connectivity index (χ0v) is 9.93. The van der Waals surface area contributed by atoms with E-state index in [2.05, 4.69) is 22.5 Å². The molecule has 0 saturated carbocycles. The molecular formula is C10H17N3OS. The third kappa shape index (κ3) is 4.40. The van der Waals surface area contributed by atoms with E-state index in [1.165, 1.54) is 0 Å². The molecule has 1 unspecified atom stereocenters. The summed E-state index contributed by atoms with van der Waals surface area (Å²) in [5.74, 6) is 0.385. The maximum atomic E-state index is 11.3. The van der Waals surface area contributed by atoms with Crippen LogP contribution in [-0.4, -0.2) is 31.0 Å². The number of carbonyl (C=O) groups is 1. The fraction of sp³-hybridized carbons (Fsp3) is 0.600. The number of aromatic nitrogens is 1. The van der Waals surface area contributed by atoms with Crippen molar-refractivity contribution in [1.82, 2.24) is 15.6 Å². The van der Waals surface area contributed by atoms with E-state index >= 15 is 0 Å². The van der Waals surface area contributed by atoms with Crippen molar-refractivity contribution in [3.63, 3.8) is 0 Å². The summed E-state index contributed by atoms with van der Waals surface area (Å²) in [5.41, 5.74) is 0. The highest BCUT2D eigenvalue weighted by atomic mass is 32.1. The van der Waals surface area contributed by atoms with Crippen LogP contribution in [0.2, 0.25) is 0 Å². The first-order valence-corrected chi connectivity index (χ1v) is 5.92. The number of thiazole rings is 1. The first-order valence-electron chi connectivity index (χ1n) is 5.04. The summed E-state index contributed by atoms with van der Waals surface area (Å²) in [5, 5.41) is 8.86. The quantitative estimate of drug-likeness (QED) is 0.761. The Morgan fingerprint density at radius 3 is 3.07 bits per heavy atom. The lowest BCUT2D eigenvalue weighted by Crippen LogP contribution is -2.29. The molecule has 0 aliphatic heterocycles. The third-order valence-electron chi connectivity index (χ3n) is 2.08. The minimum absolute atomic E-state index is 0.0905. The fourth-order valence-corrected chi connectivity index (χ4v) is 1.86. The number of rotatable bonds is 6. The Morgan fingerprint density at radius 2 is 2.47 bits per heavy atom. The van der Waals surface area contributed by atoms with Gasteiger partial charge in [-0.25, -0.2) is 4.98 Å². The normalized spacial score (nSPS) is 12.4. The molecule has 1 rings (SSSR count). The molecule has 0 saturated heterocycles. The van der Waals surface area contributed by atoms with Gasteiger partial charge in [0.25, 0.3) is 0 Å². The molecule has 0 aliphatic rings. The van der Waals surface area contributed by atoms with Gasteiger partial charge in [0.2, 0.25) is 5.91 Å². The largest absolute Gasteiger partial charge is 0.355 e. The van der Waals surface area contributed by atoms with Crippen LogP contribution in [0.3, 0.4) is 0 Å². The first kappa shape index (κ1) is 12.1. The molecule has 0 bridgehead atoms. The molecule has 1 heterocycles. The van der Waals surface area contributed by atoms with Gasteiger partial charge in [-0.3, -0.25) is 4.79 Å². The van der Waals surface area contributed by atoms with Gasteiger partial charge in [-0.1, -0.05) is 6.92 Å². The zero-order valence-electron chi connectivity index (χ0n) is 9.12. The highest BCUT2D eigenvalue weighted by Gasteiger charge is 2.09. The van der Waals surface area contributed by atoms with Crippen LogP contribution in [0.15, 0.2) is 11.6 Å². The molecule has 15 heavy (non-hydrogen) atoms. The number of hydrogen-bond acceptors (Lipinski definition) is 4. The summed E-state index contributed by atoms with van der Waals surface area (Å²) in [6.45, 7) is 3.45. The van der Waals surface area contributed by atoms with Crippen molar-refractivity contribution in [3.05, 3.63) is 16.6 Å². The molecule has 1 aromatic rings. The average Bonchev–Trinajstić information content (AvgIpc) is 2.76. The van der Waals surface area contributed by atoms with Crippen LogP contribution in [0.5, 0.6) is 0 Å². The molecular weight excluding hydrogens is 210 g/mol. The summed E-state index contributed by atoms with van der Waals surface area (Å²) in [6, 6.07) is 0. The van der Waals surface area contributed by atoms with Crippen molar-refractivity contribution >= 4 is 17.2 Å². The molecule has 0 aliphatic carbocycles. The van der Waals surface area contributed by atoms with Crippen LogP contribution in [0.25, 0.3) is 0 Å². The number of amides is 1. The van der Waals surface area contributed by atoms with Crippen LogP contribution in [0, 0.1) is 0 Å². The van der Waals surface area contributed by atoms with Gasteiger partial charge in [0.15, 0.2) is 0 Å². The Kier molecular flexibility index (Phi) is 5.28. The van der Waals surface area contributed by atoms with E-state index in [1.54, 1.807) is 17.5 Å². The molecule has 4 nitrogen and oxygen atoms in total. The zero-order chi connectivity index (χ0) is 11.1. The Bertz CT molecular complexity index is 287. The van der Waals surface area contributed by atoms with Crippen molar-refractivity contribution in [1.29, 1.82) is 0 Å². The molecule has 1 amide bonds. The second kappa shape index (κ2) is 6.53. The van der Waals surface area contributed by atoms with E-state index in [4.69, 9.17) is 0 Å². The van der Waals surface area contributed by atoms with Crippen molar-refractivity contribution in [2.45, 2.75) is 19.3 Å². The minimum Gasteiger partial charge on any atom is -0.355 e. The van der Waals surface area contributed by atoms with E-state index < -0.39 is 0 Å². The van der Waals surface area contributed by atoms with E-state index in [-0.39, 0.29) is 5.91 Å². The van der Waals surface area contributed by atoms with E-state index in [9.17, 15) is 4.79 Å². The van der Waals surface area contributed by atoms with Gasteiger partial charge in [0.05, 0.1) is 5.01 Å². The number of hydrogen-bond donors (Lipinski definition) is 2. The summed E-state index contributed by atoms with van der Waals surface area (Å²) in [4.78, 5) is 15.5. The standard InChI is InChI=1S/C10H17N3OS/c1-8(10-12-5-6-15-10)7-13-9(14)3-4-11-2/h5-6,8,11H,3-4,7H2,1-2H3,(H,13,14). The third-order valence-corrected chi connectivity index (χ3v) is 3.09. The summed E-state index contributed by atoms with van der Waals surface area (Å²) in [7, 11) is 1.84. The maximum absolute atomic E-state index is 11.3. The van der Waals surface area contributed by atoms with Gasteiger partial charge in [0, 0.05) is 37.0 Å². The molecule has 0 aromatic carbocycles. The van der Waals surface area contributed by atoms with Crippen LogP contribution in [0.1, 0.15) is 24.3 Å². The minimum atomic E-state index is 0.0905. The van der Waals surface area contributed by atoms with Gasteiger partial charge in [-0.2, -0.15) is 0 Å². The molecule has 5 heteroatoms. The Labute approximate surface area is 94.1 Å². The van der Waals surface area contributed by atoms with Crippen molar-refractivity contribution in [2.75, 3.05) is 20.1 Å². The highest BCUT2D eigenvalue weighted by molar-refractivity contribution is 7.09. The smallest absolute Gasteiger partial charge is 0.221 e. The van der Waals surface area contributed by atoms with E-state index in [1.807, 2.05) is 12.4 Å². The van der Waals surface area contributed by atoms with Gasteiger partial charge < -0.3 is 10.6 Å². The Balaban J connectivity index is 2.22. The predicted octanol–water partition coefficient (Wildman–Crippen LogP) is 0.972. The fourth-order valence-electron chi connectivity index (χ4n) is 1.16. The summed E-state index contributed by atoms with van der Waals surface area (Å²) >= 11 is 1.63. The molecule has 0 fully saturated rings. The SMILES string of the molecule is CNCCC(=O)NCC(C)c1nccs1. The second-order valence-electron chi connectivity index (χ2n) is 3.43. The lowest BCUT2D eigenvalue weighted by molar-refractivity contribution is -0.121. The van der Waals surface area contributed by atoms with Crippen LogP contribution in [-0.2, 0) is 4.79 Å². The van der Waals surface area contributed by atoms with Crippen molar-refractivity contribution < 1.29 is 4.79 Å². The van der Waals surface area contributed by atoms with Crippen LogP contribution < -0.4 is 10.6 Å². The van der Waals surface area contributed by atoms with Crippen LogP contribution in [0.4, 0.5) is 0 Å². The first-order chi connectivity index (χ1) is 7.24. The molecule has 0 radical (unpaired) electrons. The van der Waals surface area contributed by atoms with Gasteiger partial charge in [-0.05, 0) is 7.05 Å². The van der Waals surface area contributed by atoms with E-state index in [0.717, 1.165) is 11.6 Å². The maximum Gasteiger partial charge on any atom is 0.221 e. The molecule has 1 aromatic heterocycles. The van der Waals surface area contributed by atoms with Crippen molar-refractivity contribution in [2.24, 2.45) is 0 Å². The Hall–Kier alpha value is -0.940. The lowest BCUT2D eigenvalue weighted by Gasteiger charge is -2.09. The monoisotopic (exact) mass is 227 g/mol. The molecule has 84 valence electrons. The van der Waals surface area contributed by atoms with Gasteiger partial charge in [-0.15, -0.1) is 11.3 Å². The van der Waals surface area contributed by atoms with Gasteiger partial charge >= 0.3 is 0 Å². The summed E-state index contributed by atoms with van der Waals surface area (Å²) < 4.78 is 0. The molecule has 2 N–H and O–H groups in total. The topological polar surface area (TPSA) is 54.0 Å². The number of nitrogens with one attached hydrogen (secondary N) is 2. The number of carbonyl (C=O) groups excluding carboxylic acids is 1. The molecule has 1 atom stereocenters. The Morgan fingerprint density at radius 1 is 1.67 bits per heavy atom. The van der Waals surface area contributed by atoms with Gasteiger partial charge in [0.1, 0.15) is 0 Å². The molecule has 0 spiro atoms. The number of nitrogens with zero attached hydrogens (tertiary/aromatic N) is 1. The second-order valence-corrected chi connectivity index (χ2v) is 4.36.